The van der Waals surface area contributed by atoms with E-state index >= 15 is 0 Å². The number of carboxylic acids is 1. The minimum atomic E-state index is -0.670. The lowest BCUT2D eigenvalue weighted by Gasteiger charge is -2.27. The maximum atomic E-state index is 11.5. The molecule has 0 saturated heterocycles. The summed E-state index contributed by atoms with van der Waals surface area (Å²) in [6.07, 6.45) is 11.3. The van der Waals surface area contributed by atoms with E-state index in [4.69, 9.17) is 0 Å². The molecule has 0 radical (unpaired) electrons. The molecule has 19 heavy (non-hydrogen) atoms. The Morgan fingerprint density at radius 2 is 2.11 bits per heavy atom. The van der Waals surface area contributed by atoms with Crippen molar-refractivity contribution in [1.29, 1.82) is 0 Å². The zero-order valence-electron chi connectivity index (χ0n) is 12.1. The van der Waals surface area contributed by atoms with Crippen LogP contribution >= 0.6 is 23.5 Å². The van der Waals surface area contributed by atoms with Crippen LogP contribution in [-0.2, 0) is 4.79 Å². The van der Waals surface area contributed by atoms with Gasteiger partial charge < -0.3 is 5.11 Å². The molecule has 0 spiro atoms. The molecule has 0 aromatic carbocycles. The van der Waals surface area contributed by atoms with Crippen molar-refractivity contribution in [2.75, 3.05) is 0 Å². The van der Waals surface area contributed by atoms with Gasteiger partial charge in [0, 0.05) is 11.7 Å². The molecule has 1 aliphatic rings. The number of aliphatic carboxylic acids is 1. The molecule has 0 amide bonds. The second-order valence-corrected chi connectivity index (χ2v) is 8.17. The van der Waals surface area contributed by atoms with Crippen molar-refractivity contribution in [3.05, 3.63) is 11.5 Å². The normalized spacial score (nSPS) is 23.7. The molecule has 1 heterocycles. The molecule has 1 N–H and O–H groups in total. The third-order valence-corrected chi connectivity index (χ3v) is 6.76. The monoisotopic (exact) mass is 302 g/mol. The topological polar surface area (TPSA) is 37.3 Å². The molecule has 0 aromatic rings. The summed E-state index contributed by atoms with van der Waals surface area (Å²) in [7, 11) is 0. The van der Waals surface area contributed by atoms with Gasteiger partial charge in [0.25, 0.3) is 0 Å². The predicted molar refractivity (Wildman–Crippen MR) is 86.8 cm³/mol. The van der Waals surface area contributed by atoms with Crippen molar-refractivity contribution in [1.82, 2.24) is 0 Å². The SMILES string of the molecule is CCCCCCCC(CC)SC1(C(=O)O)CC=CS1. The first-order valence-electron chi connectivity index (χ1n) is 7.38. The van der Waals surface area contributed by atoms with Gasteiger partial charge in [-0.1, -0.05) is 52.0 Å². The van der Waals surface area contributed by atoms with Crippen LogP contribution < -0.4 is 0 Å². The summed E-state index contributed by atoms with van der Waals surface area (Å²) in [5.41, 5.74) is 0. The summed E-state index contributed by atoms with van der Waals surface area (Å²) in [5.74, 6) is -0.670. The summed E-state index contributed by atoms with van der Waals surface area (Å²) < 4.78 is -0.649. The van der Waals surface area contributed by atoms with Gasteiger partial charge in [0.2, 0.25) is 0 Å². The Balaban J connectivity index is 2.36. The highest BCUT2D eigenvalue weighted by Gasteiger charge is 2.42. The van der Waals surface area contributed by atoms with Gasteiger partial charge in [0.15, 0.2) is 4.08 Å². The first-order valence-corrected chi connectivity index (χ1v) is 9.14. The third-order valence-electron chi connectivity index (χ3n) is 3.51. The van der Waals surface area contributed by atoms with Crippen LogP contribution in [0.5, 0.6) is 0 Å². The molecule has 0 fully saturated rings. The van der Waals surface area contributed by atoms with E-state index in [2.05, 4.69) is 13.8 Å². The van der Waals surface area contributed by atoms with E-state index in [1.54, 1.807) is 11.8 Å². The number of carboxylic acid groups (broad SMARTS) is 1. The van der Waals surface area contributed by atoms with Crippen molar-refractivity contribution in [3.63, 3.8) is 0 Å². The molecule has 0 aliphatic carbocycles. The molecule has 110 valence electrons. The Hall–Kier alpha value is -0.0900. The first kappa shape index (κ1) is 17.0. The molecular formula is C15H26O2S2. The number of rotatable bonds is 10. The van der Waals surface area contributed by atoms with Crippen LogP contribution in [0.15, 0.2) is 11.5 Å². The lowest BCUT2D eigenvalue weighted by molar-refractivity contribution is -0.137. The van der Waals surface area contributed by atoms with Crippen molar-refractivity contribution in [2.24, 2.45) is 0 Å². The summed E-state index contributed by atoms with van der Waals surface area (Å²) >= 11 is 3.14. The van der Waals surface area contributed by atoms with Crippen LogP contribution in [0.3, 0.4) is 0 Å². The molecule has 0 saturated carbocycles. The number of hydrogen-bond acceptors (Lipinski definition) is 3. The van der Waals surface area contributed by atoms with E-state index < -0.39 is 10.0 Å². The lowest BCUT2D eigenvalue weighted by atomic mass is 10.1. The molecule has 2 atom stereocenters. The first-order chi connectivity index (χ1) is 9.14. The molecule has 4 heteroatoms. The average molecular weight is 303 g/mol. The molecular weight excluding hydrogens is 276 g/mol. The van der Waals surface area contributed by atoms with Crippen LogP contribution in [0.4, 0.5) is 0 Å². The molecule has 2 nitrogen and oxygen atoms in total. The number of thioether (sulfide) groups is 2. The Kier molecular flexibility index (Phi) is 8.00. The minimum Gasteiger partial charge on any atom is -0.480 e. The fraction of sp³-hybridized carbons (Fsp3) is 0.800. The number of hydrogen-bond donors (Lipinski definition) is 1. The minimum absolute atomic E-state index is 0.477. The highest BCUT2D eigenvalue weighted by Crippen LogP contribution is 2.49. The van der Waals surface area contributed by atoms with Crippen LogP contribution in [0, 0.1) is 0 Å². The van der Waals surface area contributed by atoms with Gasteiger partial charge in [-0.2, -0.15) is 0 Å². The van der Waals surface area contributed by atoms with Crippen LogP contribution in [-0.4, -0.2) is 20.4 Å². The fourth-order valence-corrected chi connectivity index (χ4v) is 5.05. The van der Waals surface area contributed by atoms with Crippen molar-refractivity contribution >= 4 is 29.5 Å². The van der Waals surface area contributed by atoms with Gasteiger partial charge in [0.05, 0.1) is 0 Å². The van der Waals surface area contributed by atoms with Gasteiger partial charge in [0.1, 0.15) is 0 Å². The number of unbranched alkanes of at least 4 members (excludes halogenated alkanes) is 4. The van der Waals surface area contributed by atoms with Crippen LogP contribution in [0.25, 0.3) is 0 Å². The largest absolute Gasteiger partial charge is 0.480 e. The van der Waals surface area contributed by atoms with Gasteiger partial charge in [-0.3, -0.25) is 0 Å². The maximum absolute atomic E-state index is 11.5. The number of carbonyl (C=O) groups is 1. The molecule has 1 aliphatic heterocycles. The van der Waals surface area contributed by atoms with Crippen molar-refractivity contribution in [2.45, 2.75) is 74.5 Å². The van der Waals surface area contributed by atoms with Crippen LogP contribution in [0.2, 0.25) is 0 Å². The standard InChI is InChI=1S/C15H26O2S2/c1-3-5-6-7-8-10-13(4-2)19-15(14(16)17)11-9-12-18-15/h9,12-13H,3-8,10-11H2,1-2H3,(H,16,17). The Labute approximate surface area is 125 Å². The predicted octanol–water partition coefficient (Wildman–Crippen LogP) is 5.29. The number of allylic oxidation sites excluding steroid dienone is 1. The van der Waals surface area contributed by atoms with Crippen LogP contribution in [0.1, 0.15) is 65.2 Å². The summed E-state index contributed by atoms with van der Waals surface area (Å²) in [6, 6.07) is 0. The Morgan fingerprint density at radius 1 is 1.37 bits per heavy atom. The molecule has 1 rings (SSSR count). The van der Waals surface area contributed by atoms with Crippen molar-refractivity contribution in [3.8, 4) is 0 Å². The van der Waals surface area contributed by atoms with E-state index in [1.165, 1.54) is 43.9 Å². The van der Waals surface area contributed by atoms with E-state index in [9.17, 15) is 9.90 Å². The summed E-state index contributed by atoms with van der Waals surface area (Å²) in [4.78, 5) is 11.5. The van der Waals surface area contributed by atoms with Gasteiger partial charge in [-0.25, -0.2) is 4.79 Å². The molecule has 0 aromatic heterocycles. The van der Waals surface area contributed by atoms with Gasteiger partial charge in [-0.15, -0.1) is 23.5 Å². The Morgan fingerprint density at radius 3 is 2.63 bits per heavy atom. The molecule has 2 unspecified atom stereocenters. The van der Waals surface area contributed by atoms with E-state index in [0.717, 1.165) is 12.8 Å². The quantitative estimate of drug-likeness (QED) is 0.556. The average Bonchev–Trinajstić information content (AvgIpc) is 2.87. The lowest BCUT2D eigenvalue weighted by Crippen LogP contribution is -2.31. The summed E-state index contributed by atoms with van der Waals surface area (Å²) in [5, 5.41) is 11.9. The summed E-state index contributed by atoms with van der Waals surface area (Å²) in [6.45, 7) is 4.40. The van der Waals surface area contributed by atoms with Gasteiger partial charge >= 0.3 is 5.97 Å². The third kappa shape index (κ3) is 5.42. The van der Waals surface area contributed by atoms with Gasteiger partial charge in [-0.05, 0) is 18.2 Å². The second kappa shape index (κ2) is 8.96. The van der Waals surface area contributed by atoms with E-state index in [-0.39, 0.29) is 0 Å². The zero-order valence-corrected chi connectivity index (χ0v) is 13.7. The maximum Gasteiger partial charge on any atom is 0.330 e. The highest BCUT2D eigenvalue weighted by molar-refractivity contribution is 8.21. The van der Waals surface area contributed by atoms with Crippen molar-refractivity contribution < 1.29 is 9.90 Å². The molecule has 0 bridgehead atoms. The van der Waals surface area contributed by atoms with E-state index in [0.29, 0.717) is 11.7 Å². The highest BCUT2D eigenvalue weighted by atomic mass is 32.2. The zero-order chi connectivity index (χ0) is 14.1. The smallest absolute Gasteiger partial charge is 0.330 e. The van der Waals surface area contributed by atoms with E-state index in [1.807, 2.05) is 11.5 Å². The fourth-order valence-electron chi connectivity index (χ4n) is 2.26. The second-order valence-electron chi connectivity index (χ2n) is 5.10. The Bertz CT molecular complexity index is 295.